The molecule has 0 radical (unpaired) electrons. The molecule has 40 heavy (non-hydrogen) atoms. The molecule has 0 saturated heterocycles. The Morgan fingerprint density at radius 1 is 0.975 bits per heavy atom. The lowest BCUT2D eigenvalue weighted by Gasteiger charge is -2.40. The monoisotopic (exact) mass is 580 g/mol. The number of esters is 1. The summed E-state index contributed by atoms with van der Waals surface area (Å²) >= 11 is 12.5. The third-order valence-electron chi connectivity index (χ3n) is 7.12. The van der Waals surface area contributed by atoms with Crippen LogP contribution >= 0.6 is 23.2 Å². The predicted octanol–water partition coefficient (Wildman–Crippen LogP) is 6.34. The highest BCUT2D eigenvalue weighted by Gasteiger charge is 2.32. The fraction of sp³-hybridized carbons (Fsp3) is 0.312. The summed E-state index contributed by atoms with van der Waals surface area (Å²) in [5, 5.41) is 4.17. The molecule has 4 rings (SSSR count). The van der Waals surface area contributed by atoms with Crippen LogP contribution in [0.5, 0.6) is 0 Å². The Balaban J connectivity index is 1.38. The van der Waals surface area contributed by atoms with Crippen LogP contribution in [0.25, 0.3) is 0 Å². The van der Waals surface area contributed by atoms with Gasteiger partial charge in [-0.3, -0.25) is 9.69 Å². The molecule has 0 aliphatic carbocycles. The Hall–Kier alpha value is -3.16. The first-order chi connectivity index (χ1) is 19.4. The summed E-state index contributed by atoms with van der Waals surface area (Å²) in [6, 6.07) is 24.7. The lowest BCUT2D eigenvalue weighted by molar-refractivity contribution is -0.145. The van der Waals surface area contributed by atoms with E-state index in [1.165, 1.54) is 12.7 Å². The highest BCUT2D eigenvalue weighted by Crippen LogP contribution is 2.41. The Morgan fingerprint density at radius 3 is 2.42 bits per heavy atom. The summed E-state index contributed by atoms with van der Waals surface area (Å²) in [5.74, 6) is -0.747. The van der Waals surface area contributed by atoms with Gasteiger partial charge in [0.15, 0.2) is 0 Å². The summed E-state index contributed by atoms with van der Waals surface area (Å²) in [5.41, 5.74) is 4.30. The number of likely N-dealkylation sites (N-methyl/N-ethyl adjacent to an activating group) is 1. The highest BCUT2D eigenvalue weighted by atomic mass is 35.5. The van der Waals surface area contributed by atoms with Crippen LogP contribution in [0.3, 0.4) is 0 Å². The first-order valence-corrected chi connectivity index (χ1v) is 14.0. The van der Waals surface area contributed by atoms with Gasteiger partial charge in [0.05, 0.1) is 26.4 Å². The van der Waals surface area contributed by atoms with Crippen molar-refractivity contribution in [3.8, 4) is 0 Å². The van der Waals surface area contributed by atoms with Crippen molar-refractivity contribution in [3.63, 3.8) is 0 Å². The van der Waals surface area contributed by atoms with Crippen LogP contribution in [0.1, 0.15) is 41.6 Å². The minimum Gasteiger partial charge on any atom is -0.467 e. The van der Waals surface area contributed by atoms with Gasteiger partial charge in [-0.15, -0.1) is 0 Å². The summed E-state index contributed by atoms with van der Waals surface area (Å²) in [6.45, 7) is 0.585. The number of nitrogens with one attached hydrogen (secondary N) is 1. The molecule has 1 N–H and O–H groups in total. The van der Waals surface area contributed by atoms with E-state index >= 15 is 0 Å². The van der Waals surface area contributed by atoms with Crippen LogP contribution in [0, 0.1) is 0 Å². The number of carbonyl (C=O) groups is 2. The van der Waals surface area contributed by atoms with Crippen LogP contribution in [0.15, 0.2) is 90.5 Å². The van der Waals surface area contributed by atoms with E-state index in [1.54, 1.807) is 0 Å². The molecule has 1 aliphatic rings. The van der Waals surface area contributed by atoms with Crippen LogP contribution in [0.4, 0.5) is 0 Å². The second-order valence-electron chi connectivity index (χ2n) is 9.84. The smallest absolute Gasteiger partial charge is 0.328 e. The van der Waals surface area contributed by atoms with Crippen molar-refractivity contribution in [1.82, 2.24) is 10.2 Å². The maximum Gasteiger partial charge on any atom is 0.328 e. The van der Waals surface area contributed by atoms with E-state index in [0.717, 1.165) is 23.1 Å². The van der Waals surface area contributed by atoms with Crippen molar-refractivity contribution in [3.05, 3.63) is 117 Å². The Labute approximate surface area is 245 Å². The number of halogens is 2. The molecule has 2 unspecified atom stereocenters. The molecule has 0 spiro atoms. The lowest BCUT2D eigenvalue weighted by atomic mass is 9.88. The molecule has 1 aliphatic heterocycles. The minimum absolute atomic E-state index is 0.0449. The van der Waals surface area contributed by atoms with Gasteiger partial charge in [-0.1, -0.05) is 83.9 Å². The van der Waals surface area contributed by atoms with Gasteiger partial charge >= 0.3 is 5.97 Å². The fourth-order valence-corrected chi connectivity index (χ4v) is 5.43. The van der Waals surface area contributed by atoms with Crippen molar-refractivity contribution < 1.29 is 19.1 Å². The Morgan fingerprint density at radius 2 is 1.73 bits per heavy atom. The summed E-state index contributed by atoms with van der Waals surface area (Å²) in [4.78, 5) is 27.3. The van der Waals surface area contributed by atoms with Gasteiger partial charge in [-0.05, 0) is 60.0 Å². The second-order valence-corrected chi connectivity index (χ2v) is 10.7. The standard InChI is InChI=1S/C32H34Cl2N2O4/c1-36-29(23-11-14-26(33)15-12-23)16-13-25(31(36)24-9-6-10-27(34)20-24)21-40-18-17-30(37)35-28(32(38)39-2)19-22-7-4-3-5-8-22/h3-15,20,28-29,31H,16-19,21H2,1-2H3,(H,35,37)/t28-,29?,31?/m0/s1. The Bertz CT molecular complexity index is 1310. The van der Waals surface area contributed by atoms with Crippen molar-refractivity contribution in [1.29, 1.82) is 0 Å². The zero-order chi connectivity index (χ0) is 28.5. The van der Waals surface area contributed by atoms with Crippen LogP contribution in [-0.4, -0.2) is 50.2 Å². The average Bonchev–Trinajstić information content (AvgIpc) is 2.96. The topological polar surface area (TPSA) is 67.9 Å². The van der Waals surface area contributed by atoms with Crippen LogP contribution < -0.4 is 5.32 Å². The first kappa shape index (κ1) is 29.8. The van der Waals surface area contributed by atoms with Crippen LogP contribution in [-0.2, 0) is 25.5 Å². The van der Waals surface area contributed by atoms with E-state index in [1.807, 2.05) is 60.7 Å². The molecule has 0 aromatic heterocycles. The SMILES string of the molecule is COC(=O)[C@H](Cc1ccccc1)NC(=O)CCOCC1=CCC(c2ccc(Cl)cc2)N(C)C1c1cccc(Cl)c1. The molecule has 1 amide bonds. The number of methoxy groups -OCH3 is 1. The summed E-state index contributed by atoms with van der Waals surface area (Å²) in [7, 11) is 3.42. The normalized spacial score (nSPS) is 18.1. The van der Waals surface area contributed by atoms with Gasteiger partial charge in [-0.25, -0.2) is 4.79 Å². The maximum atomic E-state index is 12.7. The third kappa shape index (κ3) is 7.95. The predicted molar refractivity (Wildman–Crippen MR) is 158 cm³/mol. The van der Waals surface area contributed by atoms with Crippen molar-refractivity contribution in [2.45, 2.75) is 37.4 Å². The average molecular weight is 582 g/mol. The molecule has 1 heterocycles. The number of nitrogens with zero attached hydrogens (tertiary/aromatic N) is 1. The van der Waals surface area contributed by atoms with E-state index in [-0.39, 0.29) is 31.0 Å². The van der Waals surface area contributed by atoms with E-state index in [4.69, 9.17) is 32.7 Å². The van der Waals surface area contributed by atoms with Crippen molar-refractivity contribution in [2.24, 2.45) is 0 Å². The number of amides is 1. The molecular formula is C32H34Cl2N2O4. The van der Waals surface area contributed by atoms with Crippen molar-refractivity contribution >= 4 is 35.1 Å². The van der Waals surface area contributed by atoms with Gasteiger partial charge in [0.2, 0.25) is 5.91 Å². The molecule has 6 nitrogen and oxygen atoms in total. The Kier molecular flexibility index (Phi) is 10.8. The molecule has 3 atom stereocenters. The van der Waals surface area contributed by atoms with Gasteiger partial charge < -0.3 is 14.8 Å². The van der Waals surface area contributed by atoms with E-state index in [2.05, 4.69) is 41.5 Å². The van der Waals surface area contributed by atoms with Crippen LogP contribution in [0.2, 0.25) is 10.0 Å². The zero-order valence-electron chi connectivity index (χ0n) is 22.7. The molecule has 210 valence electrons. The molecule has 0 bridgehead atoms. The van der Waals surface area contributed by atoms with Crippen molar-refractivity contribution in [2.75, 3.05) is 27.4 Å². The molecule has 0 saturated carbocycles. The molecule has 0 fully saturated rings. The van der Waals surface area contributed by atoms with E-state index in [9.17, 15) is 9.59 Å². The number of benzene rings is 3. The number of hydrogen-bond acceptors (Lipinski definition) is 5. The summed E-state index contributed by atoms with van der Waals surface area (Å²) in [6.07, 6.45) is 3.52. The quantitative estimate of drug-likeness (QED) is 0.163. The zero-order valence-corrected chi connectivity index (χ0v) is 24.2. The first-order valence-electron chi connectivity index (χ1n) is 13.3. The fourth-order valence-electron chi connectivity index (χ4n) is 5.11. The molecular weight excluding hydrogens is 547 g/mol. The number of carbonyl (C=O) groups excluding carboxylic acids is 2. The maximum absolute atomic E-state index is 12.7. The van der Waals surface area contributed by atoms with Gasteiger partial charge in [0.1, 0.15) is 6.04 Å². The molecule has 8 heteroatoms. The largest absolute Gasteiger partial charge is 0.467 e. The van der Waals surface area contributed by atoms with E-state index in [0.29, 0.717) is 23.1 Å². The highest BCUT2D eigenvalue weighted by molar-refractivity contribution is 6.30. The minimum atomic E-state index is -0.758. The van der Waals surface area contributed by atoms with Gasteiger partial charge in [0.25, 0.3) is 0 Å². The molecule has 3 aromatic rings. The van der Waals surface area contributed by atoms with E-state index < -0.39 is 12.0 Å². The second kappa shape index (κ2) is 14.5. The summed E-state index contributed by atoms with van der Waals surface area (Å²) < 4.78 is 10.9. The van der Waals surface area contributed by atoms with Gasteiger partial charge in [0, 0.05) is 28.9 Å². The number of ether oxygens (including phenoxy) is 2. The molecule has 3 aromatic carbocycles. The lowest BCUT2D eigenvalue weighted by Crippen LogP contribution is -2.43. The number of rotatable bonds is 11. The number of hydrogen-bond donors (Lipinski definition) is 1. The van der Waals surface area contributed by atoms with Gasteiger partial charge in [-0.2, -0.15) is 0 Å². The third-order valence-corrected chi connectivity index (χ3v) is 7.61.